The predicted octanol–water partition coefficient (Wildman–Crippen LogP) is 3.60. The highest BCUT2D eigenvalue weighted by molar-refractivity contribution is 7.89. The van der Waals surface area contributed by atoms with E-state index in [1.807, 2.05) is 16.8 Å². The van der Waals surface area contributed by atoms with Crippen LogP contribution in [0.25, 0.3) is 11.5 Å². The predicted molar refractivity (Wildman–Crippen MR) is 92.1 cm³/mol. The highest BCUT2D eigenvalue weighted by atomic mass is 32.2. The van der Waals surface area contributed by atoms with E-state index >= 15 is 0 Å². The molecule has 8 heteroatoms. The molecule has 0 aromatic carbocycles. The van der Waals surface area contributed by atoms with Crippen molar-refractivity contribution in [3.05, 3.63) is 22.7 Å². The quantitative estimate of drug-likeness (QED) is 0.825. The molecule has 0 radical (unpaired) electrons. The molecule has 0 N–H and O–H groups in total. The first-order chi connectivity index (χ1) is 11.7. The Morgan fingerprint density at radius 3 is 2.71 bits per heavy atom. The maximum absolute atomic E-state index is 13.0. The van der Waals surface area contributed by atoms with Gasteiger partial charge in [0.1, 0.15) is 6.04 Å². The third-order valence-corrected chi connectivity index (χ3v) is 8.09. The fourth-order valence-electron chi connectivity index (χ4n) is 3.72. The van der Waals surface area contributed by atoms with Crippen molar-refractivity contribution in [1.29, 1.82) is 0 Å². The van der Waals surface area contributed by atoms with Crippen molar-refractivity contribution in [2.45, 2.75) is 56.2 Å². The minimum Gasteiger partial charge on any atom is -0.419 e. The maximum atomic E-state index is 13.0. The summed E-state index contributed by atoms with van der Waals surface area (Å²) in [5.41, 5.74) is 0.887. The molecule has 3 heterocycles. The van der Waals surface area contributed by atoms with Gasteiger partial charge in [-0.1, -0.05) is 19.3 Å². The summed E-state index contributed by atoms with van der Waals surface area (Å²) in [7, 11) is -3.30. The van der Waals surface area contributed by atoms with E-state index in [1.165, 1.54) is 0 Å². The smallest absolute Gasteiger partial charge is 0.248 e. The van der Waals surface area contributed by atoms with Gasteiger partial charge >= 0.3 is 0 Å². The van der Waals surface area contributed by atoms with Crippen LogP contribution in [0.15, 0.2) is 21.2 Å². The fourth-order valence-corrected chi connectivity index (χ4v) is 6.59. The Labute approximate surface area is 145 Å². The van der Waals surface area contributed by atoms with Crippen molar-refractivity contribution < 1.29 is 12.8 Å². The Hall–Kier alpha value is -1.25. The van der Waals surface area contributed by atoms with Crippen molar-refractivity contribution in [3.63, 3.8) is 0 Å². The molecule has 130 valence electrons. The maximum Gasteiger partial charge on any atom is 0.248 e. The van der Waals surface area contributed by atoms with Crippen molar-refractivity contribution in [3.8, 4) is 11.5 Å². The summed E-state index contributed by atoms with van der Waals surface area (Å²) in [6.07, 6.45) is 6.29. The number of hydrogen-bond acceptors (Lipinski definition) is 6. The minimum absolute atomic E-state index is 0.244. The zero-order valence-corrected chi connectivity index (χ0v) is 15.1. The number of hydrogen-bond donors (Lipinski definition) is 0. The van der Waals surface area contributed by atoms with Crippen LogP contribution in [0.5, 0.6) is 0 Å². The minimum atomic E-state index is -3.30. The molecule has 0 bridgehead atoms. The summed E-state index contributed by atoms with van der Waals surface area (Å²) < 4.78 is 33.5. The highest BCUT2D eigenvalue weighted by Crippen LogP contribution is 2.38. The van der Waals surface area contributed by atoms with E-state index in [2.05, 4.69) is 10.2 Å². The average Bonchev–Trinajstić information content (AvgIpc) is 3.34. The molecular formula is C16H21N3O3S2. The Morgan fingerprint density at radius 1 is 1.12 bits per heavy atom. The third-order valence-electron chi connectivity index (χ3n) is 5.00. The van der Waals surface area contributed by atoms with Gasteiger partial charge in [-0.3, -0.25) is 0 Å². The summed E-state index contributed by atoms with van der Waals surface area (Å²) in [4.78, 5) is 0. The van der Waals surface area contributed by atoms with Gasteiger partial charge in [-0.25, -0.2) is 8.42 Å². The van der Waals surface area contributed by atoms with E-state index in [0.29, 0.717) is 18.3 Å². The van der Waals surface area contributed by atoms with Crippen molar-refractivity contribution in [1.82, 2.24) is 14.5 Å². The van der Waals surface area contributed by atoms with Crippen LogP contribution in [0.4, 0.5) is 0 Å². The monoisotopic (exact) mass is 367 g/mol. The lowest BCUT2D eigenvalue weighted by molar-refractivity contribution is 0.323. The zero-order valence-electron chi connectivity index (χ0n) is 13.4. The van der Waals surface area contributed by atoms with Gasteiger partial charge in [0, 0.05) is 17.5 Å². The van der Waals surface area contributed by atoms with Gasteiger partial charge in [-0.05, 0) is 37.1 Å². The summed E-state index contributed by atoms with van der Waals surface area (Å²) in [5, 5.41) is 11.9. The van der Waals surface area contributed by atoms with Crippen LogP contribution in [-0.2, 0) is 10.0 Å². The van der Waals surface area contributed by atoms with Crippen LogP contribution in [0.3, 0.4) is 0 Å². The van der Waals surface area contributed by atoms with Gasteiger partial charge in [0.25, 0.3) is 0 Å². The lowest BCUT2D eigenvalue weighted by Crippen LogP contribution is -2.39. The Balaban J connectivity index is 1.58. The molecule has 1 saturated heterocycles. The largest absolute Gasteiger partial charge is 0.419 e. The average molecular weight is 367 g/mol. The van der Waals surface area contributed by atoms with E-state index < -0.39 is 10.0 Å². The molecule has 1 unspecified atom stereocenters. The van der Waals surface area contributed by atoms with Crippen molar-refractivity contribution in [2.24, 2.45) is 0 Å². The first kappa shape index (κ1) is 16.2. The molecule has 1 aliphatic carbocycles. The molecule has 0 spiro atoms. The SMILES string of the molecule is O=S(=O)(C1CCCCC1)N1CCCC1c1nnc(-c2ccsc2)o1. The molecule has 6 nitrogen and oxygen atoms in total. The van der Waals surface area contributed by atoms with Crippen LogP contribution < -0.4 is 0 Å². The van der Waals surface area contributed by atoms with E-state index in [-0.39, 0.29) is 11.3 Å². The molecule has 2 aromatic heterocycles. The van der Waals surface area contributed by atoms with Crippen LogP contribution >= 0.6 is 11.3 Å². The summed E-state index contributed by atoms with van der Waals surface area (Å²) in [6, 6.07) is 1.62. The molecule has 0 amide bonds. The number of nitrogens with zero attached hydrogens (tertiary/aromatic N) is 3. The number of thiophene rings is 1. The van der Waals surface area contributed by atoms with Crippen molar-refractivity contribution >= 4 is 21.4 Å². The standard InChI is InChI=1S/C16H21N3O3S2/c20-24(21,13-5-2-1-3-6-13)19-9-4-7-14(19)16-18-17-15(22-16)12-8-10-23-11-12/h8,10-11,13-14H,1-7,9H2. The summed E-state index contributed by atoms with van der Waals surface area (Å²) in [6.45, 7) is 0.555. The highest BCUT2D eigenvalue weighted by Gasteiger charge is 2.42. The van der Waals surface area contributed by atoms with Gasteiger partial charge in [0.2, 0.25) is 21.8 Å². The van der Waals surface area contributed by atoms with Gasteiger partial charge in [-0.15, -0.1) is 10.2 Å². The van der Waals surface area contributed by atoms with Crippen molar-refractivity contribution in [2.75, 3.05) is 6.54 Å². The first-order valence-corrected chi connectivity index (χ1v) is 11.0. The van der Waals surface area contributed by atoms with Crippen LogP contribution in [0, 0.1) is 0 Å². The molecular weight excluding hydrogens is 346 g/mol. The molecule has 4 rings (SSSR count). The molecule has 2 fully saturated rings. The van der Waals surface area contributed by atoms with E-state index in [0.717, 1.165) is 50.5 Å². The zero-order chi connectivity index (χ0) is 16.6. The Morgan fingerprint density at radius 2 is 1.96 bits per heavy atom. The van der Waals surface area contributed by atoms with Crippen LogP contribution in [-0.4, -0.2) is 34.7 Å². The molecule has 1 atom stereocenters. The Bertz CT molecular complexity index is 779. The molecule has 24 heavy (non-hydrogen) atoms. The number of aromatic nitrogens is 2. The second-order valence-electron chi connectivity index (χ2n) is 6.53. The second-order valence-corrected chi connectivity index (χ2v) is 9.48. The topological polar surface area (TPSA) is 76.3 Å². The van der Waals surface area contributed by atoms with E-state index in [1.54, 1.807) is 15.6 Å². The molecule has 2 aromatic rings. The molecule has 2 aliphatic rings. The van der Waals surface area contributed by atoms with Crippen LogP contribution in [0.1, 0.15) is 56.9 Å². The lowest BCUT2D eigenvalue weighted by atomic mass is 10.0. The number of sulfonamides is 1. The lowest BCUT2D eigenvalue weighted by Gasteiger charge is -2.29. The first-order valence-electron chi connectivity index (χ1n) is 8.53. The van der Waals surface area contributed by atoms with Gasteiger partial charge in [-0.2, -0.15) is 15.6 Å². The Kier molecular flexibility index (Phi) is 4.44. The fraction of sp³-hybridized carbons (Fsp3) is 0.625. The molecule has 1 saturated carbocycles. The third kappa shape index (κ3) is 2.91. The van der Waals surface area contributed by atoms with Gasteiger partial charge < -0.3 is 4.42 Å². The summed E-state index contributed by atoms with van der Waals surface area (Å²) in [5.74, 6) is 0.890. The normalized spacial score (nSPS) is 23.8. The van der Waals surface area contributed by atoms with E-state index in [4.69, 9.17) is 4.42 Å². The van der Waals surface area contributed by atoms with Gasteiger partial charge in [0.15, 0.2) is 0 Å². The number of rotatable bonds is 4. The van der Waals surface area contributed by atoms with Gasteiger partial charge in [0.05, 0.1) is 5.25 Å². The second kappa shape index (κ2) is 6.57. The molecule has 1 aliphatic heterocycles. The van der Waals surface area contributed by atoms with Crippen LogP contribution in [0.2, 0.25) is 0 Å². The summed E-state index contributed by atoms with van der Waals surface area (Å²) >= 11 is 1.57. The van der Waals surface area contributed by atoms with E-state index in [9.17, 15) is 8.42 Å².